The van der Waals surface area contributed by atoms with E-state index < -0.39 is 5.91 Å². The molecule has 0 spiro atoms. The van der Waals surface area contributed by atoms with Crippen LogP contribution in [-0.2, 0) is 0 Å². The number of methoxy groups -OCH3 is 2. The Labute approximate surface area is 142 Å². The SMILES string of the molecule is COc1cc(Cl)c(NC(=O)c2nc3nccc(C)n3n2)cc1OC. The molecule has 9 heteroatoms. The van der Waals surface area contributed by atoms with Gasteiger partial charge in [0, 0.05) is 24.0 Å². The van der Waals surface area contributed by atoms with Crippen molar-refractivity contribution in [2.75, 3.05) is 19.5 Å². The summed E-state index contributed by atoms with van der Waals surface area (Å²) in [4.78, 5) is 20.6. The van der Waals surface area contributed by atoms with Gasteiger partial charge >= 0.3 is 0 Å². The van der Waals surface area contributed by atoms with E-state index in [4.69, 9.17) is 21.1 Å². The van der Waals surface area contributed by atoms with Gasteiger partial charge < -0.3 is 14.8 Å². The standard InChI is InChI=1S/C15H14ClN5O3/c1-8-4-5-17-15-19-13(20-21(8)15)14(22)18-10-7-12(24-3)11(23-2)6-9(10)16/h4-7H,1-3H3,(H,18,22). The Balaban J connectivity index is 1.92. The van der Waals surface area contributed by atoms with Crippen LogP contribution in [-0.4, -0.2) is 39.7 Å². The van der Waals surface area contributed by atoms with Gasteiger partial charge in [0.25, 0.3) is 11.7 Å². The number of aryl methyl sites for hydroxylation is 1. The minimum absolute atomic E-state index is 0.0114. The third-order valence-corrected chi connectivity index (χ3v) is 3.67. The smallest absolute Gasteiger partial charge is 0.295 e. The number of fused-ring (bicyclic) bond motifs is 1. The number of nitrogens with zero attached hydrogens (tertiary/aromatic N) is 4. The van der Waals surface area contributed by atoms with Crippen LogP contribution in [0, 0.1) is 6.92 Å². The molecule has 24 heavy (non-hydrogen) atoms. The van der Waals surface area contributed by atoms with Gasteiger partial charge in [-0.05, 0) is 13.0 Å². The van der Waals surface area contributed by atoms with E-state index in [0.29, 0.717) is 28.0 Å². The Hall–Kier alpha value is -2.87. The van der Waals surface area contributed by atoms with Crippen molar-refractivity contribution in [1.29, 1.82) is 0 Å². The van der Waals surface area contributed by atoms with E-state index in [1.165, 1.54) is 18.7 Å². The van der Waals surface area contributed by atoms with Crippen molar-refractivity contribution in [1.82, 2.24) is 19.6 Å². The van der Waals surface area contributed by atoms with Crippen molar-refractivity contribution < 1.29 is 14.3 Å². The molecule has 1 N–H and O–H groups in total. The lowest BCUT2D eigenvalue weighted by Crippen LogP contribution is -2.14. The summed E-state index contributed by atoms with van der Waals surface area (Å²) in [6.07, 6.45) is 1.60. The Morgan fingerprint density at radius 2 is 1.96 bits per heavy atom. The quantitative estimate of drug-likeness (QED) is 0.779. The highest BCUT2D eigenvalue weighted by atomic mass is 35.5. The summed E-state index contributed by atoms with van der Waals surface area (Å²) in [6, 6.07) is 4.89. The molecule has 0 fully saturated rings. The zero-order valence-electron chi connectivity index (χ0n) is 13.2. The van der Waals surface area contributed by atoms with Crippen LogP contribution in [0.2, 0.25) is 5.02 Å². The summed E-state index contributed by atoms with van der Waals surface area (Å²) >= 11 is 6.16. The molecule has 2 heterocycles. The number of carbonyl (C=O) groups is 1. The number of hydrogen-bond acceptors (Lipinski definition) is 6. The van der Waals surface area contributed by atoms with Gasteiger partial charge in [-0.1, -0.05) is 11.6 Å². The van der Waals surface area contributed by atoms with E-state index in [1.807, 2.05) is 6.92 Å². The average molecular weight is 348 g/mol. The number of benzene rings is 1. The number of amides is 1. The number of ether oxygens (including phenoxy) is 2. The Kier molecular flexibility index (Phi) is 4.22. The third kappa shape index (κ3) is 2.83. The fourth-order valence-electron chi connectivity index (χ4n) is 2.13. The number of aromatic nitrogens is 4. The summed E-state index contributed by atoms with van der Waals surface area (Å²) in [7, 11) is 3.00. The van der Waals surface area contributed by atoms with Crippen LogP contribution in [0.15, 0.2) is 24.4 Å². The van der Waals surface area contributed by atoms with Gasteiger partial charge in [0.2, 0.25) is 5.82 Å². The van der Waals surface area contributed by atoms with E-state index >= 15 is 0 Å². The van der Waals surface area contributed by atoms with Crippen LogP contribution in [0.4, 0.5) is 5.69 Å². The van der Waals surface area contributed by atoms with Crippen LogP contribution >= 0.6 is 11.6 Å². The number of hydrogen-bond donors (Lipinski definition) is 1. The molecule has 0 aliphatic carbocycles. The highest BCUT2D eigenvalue weighted by Gasteiger charge is 2.17. The van der Waals surface area contributed by atoms with Crippen molar-refractivity contribution in [3.63, 3.8) is 0 Å². The first-order chi connectivity index (χ1) is 11.5. The predicted molar refractivity (Wildman–Crippen MR) is 88.0 cm³/mol. The maximum atomic E-state index is 12.4. The second-order valence-electron chi connectivity index (χ2n) is 4.87. The average Bonchev–Trinajstić information content (AvgIpc) is 3.02. The largest absolute Gasteiger partial charge is 0.493 e. The molecule has 0 saturated heterocycles. The number of halogens is 1. The fourth-order valence-corrected chi connectivity index (χ4v) is 2.33. The molecule has 0 atom stereocenters. The highest BCUT2D eigenvalue weighted by molar-refractivity contribution is 6.34. The number of carbonyl (C=O) groups excluding carboxylic acids is 1. The first-order valence-corrected chi connectivity index (χ1v) is 7.32. The molecule has 2 aromatic heterocycles. The predicted octanol–water partition coefficient (Wildman–Crippen LogP) is 2.36. The molecule has 0 unspecified atom stereocenters. The molecule has 1 amide bonds. The summed E-state index contributed by atoms with van der Waals surface area (Å²) in [5.41, 5.74) is 1.18. The van der Waals surface area contributed by atoms with Crippen molar-refractivity contribution in [2.45, 2.75) is 6.92 Å². The van der Waals surface area contributed by atoms with E-state index in [1.54, 1.807) is 24.4 Å². The first kappa shape index (κ1) is 16.0. The summed E-state index contributed by atoms with van der Waals surface area (Å²) in [6.45, 7) is 1.84. The van der Waals surface area contributed by atoms with Crippen LogP contribution in [0.1, 0.15) is 16.3 Å². The monoisotopic (exact) mass is 347 g/mol. The molecule has 0 saturated carbocycles. The molecule has 0 bridgehead atoms. The Morgan fingerprint density at radius 1 is 1.25 bits per heavy atom. The van der Waals surface area contributed by atoms with Crippen molar-refractivity contribution in [2.24, 2.45) is 0 Å². The number of nitrogens with one attached hydrogen (secondary N) is 1. The second kappa shape index (κ2) is 6.32. The van der Waals surface area contributed by atoms with E-state index in [9.17, 15) is 4.79 Å². The molecule has 124 valence electrons. The van der Waals surface area contributed by atoms with Gasteiger partial charge in [-0.25, -0.2) is 9.50 Å². The van der Waals surface area contributed by atoms with E-state index in [-0.39, 0.29) is 5.82 Å². The van der Waals surface area contributed by atoms with Crippen molar-refractivity contribution >= 4 is 29.0 Å². The maximum absolute atomic E-state index is 12.4. The van der Waals surface area contributed by atoms with Crippen LogP contribution in [0.25, 0.3) is 5.78 Å². The van der Waals surface area contributed by atoms with Gasteiger partial charge in [-0.15, -0.1) is 5.10 Å². The topological polar surface area (TPSA) is 90.6 Å². The lowest BCUT2D eigenvalue weighted by molar-refractivity contribution is 0.101. The van der Waals surface area contributed by atoms with E-state index in [2.05, 4.69) is 20.4 Å². The summed E-state index contributed by atoms with van der Waals surface area (Å²) < 4.78 is 11.9. The summed E-state index contributed by atoms with van der Waals surface area (Å²) in [5, 5.41) is 7.11. The molecule has 0 aliphatic rings. The Bertz CT molecular complexity index is 925. The second-order valence-corrected chi connectivity index (χ2v) is 5.28. The fraction of sp³-hybridized carbons (Fsp3) is 0.200. The number of rotatable bonds is 4. The Morgan fingerprint density at radius 3 is 2.62 bits per heavy atom. The molecule has 0 radical (unpaired) electrons. The third-order valence-electron chi connectivity index (χ3n) is 3.35. The van der Waals surface area contributed by atoms with Crippen molar-refractivity contribution in [3.8, 4) is 11.5 Å². The maximum Gasteiger partial charge on any atom is 0.295 e. The minimum atomic E-state index is -0.506. The zero-order valence-corrected chi connectivity index (χ0v) is 14.0. The van der Waals surface area contributed by atoms with E-state index in [0.717, 1.165) is 5.69 Å². The first-order valence-electron chi connectivity index (χ1n) is 6.94. The van der Waals surface area contributed by atoms with Gasteiger partial charge in [0.1, 0.15) is 0 Å². The number of anilines is 1. The molecule has 1 aromatic carbocycles. The van der Waals surface area contributed by atoms with Gasteiger partial charge in [-0.3, -0.25) is 4.79 Å². The molecular weight excluding hydrogens is 334 g/mol. The molecule has 3 rings (SSSR count). The normalized spacial score (nSPS) is 10.7. The van der Waals surface area contributed by atoms with Crippen LogP contribution in [0.5, 0.6) is 11.5 Å². The van der Waals surface area contributed by atoms with Crippen LogP contribution < -0.4 is 14.8 Å². The molecule has 0 aliphatic heterocycles. The molecular formula is C15H14ClN5O3. The van der Waals surface area contributed by atoms with Gasteiger partial charge in [0.05, 0.1) is 24.9 Å². The lowest BCUT2D eigenvalue weighted by atomic mass is 10.2. The molecule has 8 nitrogen and oxygen atoms in total. The minimum Gasteiger partial charge on any atom is -0.493 e. The van der Waals surface area contributed by atoms with Gasteiger partial charge in [0.15, 0.2) is 11.5 Å². The summed E-state index contributed by atoms with van der Waals surface area (Å²) in [5.74, 6) is 0.735. The highest BCUT2D eigenvalue weighted by Crippen LogP contribution is 2.36. The van der Waals surface area contributed by atoms with Gasteiger partial charge in [-0.2, -0.15) is 4.98 Å². The van der Waals surface area contributed by atoms with Crippen LogP contribution in [0.3, 0.4) is 0 Å². The molecule has 3 aromatic rings. The van der Waals surface area contributed by atoms with Crippen molar-refractivity contribution in [3.05, 3.63) is 40.9 Å². The lowest BCUT2D eigenvalue weighted by Gasteiger charge is -2.11. The zero-order chi connectivity index (χ0) is 17.3.